The minimum atomic E-state index is -0.00704. The van der Waals surface area contributed by atoms with Crippen LogP contribution in [0.25, 0.3) is 4.85 Å². The Morgan fingerprint density at radius 1 is 1.47 bits per heavy atom. The molecule has 1 saturated carbocycles. The fraction of sp³-hybridized carbons (Fsp3) is 0.231. The van der Waals surface area contributed by atoms with E-state index in [1.54, 1.807) is 30.3 Å². The van der Waals surface area contributed by atoms with E-state index >= 15 is 0 Å². The summed E-state index contributed by atoms with van der Waals surface area (Å²) in [6.07, 6.45) is 5.99. The first-order valence-electron chi connectivity index (χ1n) is 4.99. The molecule has 1 aromatic rings. The molecule has 0 spiro atoms. The predicted molar refractivity (Wildman–Crippen MR) is 58.9 cm³/mol. The summed E-state index contributed by atoms with van der Waals surface area (Å²) >= 11 is 0. The van der Waals surface area contributed by atoms with Gasteiger partial charge in [-0.2, -0.15) is 0 Å². The summed E-state index contributed by atoms with van der Waals surface area (Å²) < 4.78 is 0. The molecule has 0 atom stereocenters. The van der Waals surface area contributed by atoms with Crippen LogP contribution in [-0.2, 0) is 0 Å². The number of carbonyl (C=O) groups excluding carboxylic acids is 1. The van der Waals surface area contributed by atoms with Gasteiger partial charge in [-0.15, -0.1) is 0 Å². The first kappa shape index (κ1) is 9.67. The highest BCUT2D eigenvalue weighted by Gasteiger charge is 2.17. The van der Waals surface area contributed by atoms with Crippen LogP contribution in [0.15, 0.2) is 36.4 Å². The van der Waals surface area contributed by atoms with E-state index in [2.05, 4.69) is 4.85 Å². The summed E-state index contributed by atoms with van der Waals surface area (Å²) in [6, 6.07) is 6.82. The van der Waals surface area contributed by atoms with Gasteiger partial charge in [-0.25, -0.2) is 4.85 Å². The van der Waals surface area contributed by atoms with Gasteiger partial charge in [-0.05, 0) is 30.9 Å². The zero-order chi connectivity index (χ0) is 10.7. The number of rotatable bonds is 3. The second-order valence-electron chi connectivity index (χ2n) is 3.72. The minimum absolute atomic E-state index is 0.00704. The Labute approximate surface area is 89.1 Å². The molecule has 0 saturated heterocycles. The van der Waals surface area contributed by atoms with Gasteiger partial charge >= 0.3 is 0 Å². The van der Waals surface area contributed by atoms with Gasteiger partial charge in [0, 0.05) is 5.56 Å². The third-order valence-corrected chi connectivity index (χ3v) is 2.40. The van der Waals surface area contributed by atoms with Crippen molar-refractivity contribution >= 4 is 11.5 Å². The van der Waals surface area contributed by atoms with Crippen LogP contribution in [0.1, 0.15) is 23.2 Å². The minimum Gasteiger partial charge on any atom is -0.289 e. The lowest BCUT2D eigenvalue weighted by Gasteiger charge is -1.95. The van der Waals surface area contributed by atoms with Crippen molar-refractivity contribution in [3.63, 3.8) is 0 Å². The fourth-order valence-electron chi connectivity index (χ4n) is 1.34. The van der Waals surface area contributed by atoms with Crippen LogP contribution >= 0.6 is 0 Å². The van der Waals surface area contributed by atoms with Gasteiger partial charge in [-0.3, -0.25) is 4.79 Å². The molecule has 1 fully saturated rings. The van der Waals surface area contributed by atoms with Crippen molar-refractivity contribution in [2.75, 3.05) is 0 Å². The maximum absolute atomic E-state index is 11.7. The highest BCUT2D eigenvalue weighted by Crippen LogP contribution is 2.30. The van der Waals surface area contributed by atoms with E-state index in [0.717, 1.165) is 0 Å². The number of carbonyl (C=O) groups is 1. The van der Waals surface area contributed by atoms with Gasteiger partial charge in [0.15, 0.2) is 11.5 Å². The molecule has 0 radical (unpaired) electrons. The molecule has 0 heterocycles. The zero-order valence-corrected chi connectivity index (χ0v) is 8.31. The lowest BCUT2D eigenvalue weighted by atomic mass is 10.1. The van der Waals surface area contributed by atoms with Gasteiger partial charge in [0.2, 0.25) is 0 Å². The van der Waals surface area contributed by atoms with Crippen molar-refractivity contribution in [1.82, 2.24) is 0 Å². The van der Waals surface area contributed by atoms with Gasteiger partial charge in [0.1, 0.15) is 0 Å². The fourth-order valence-corrected chi connectivity index (χ4v) is 1.34. The van der Waals surface area contributed by atoms with Crippen LogP contribution in [0.2, 0.25) is 0 Å². The largest absolute Gasteiger partial charge is 0.289 e. The summed E-state index contributed by atoms with van der Waals surface area (Å²) in [6.45, 7) is 6.86. The molecule has 2 heteroatoms. The number of allylic oxidation sites excluding steroid dienone is 2. The Bertz CT molecular complexity index is 450. The zero-order valence-electron chi connectivity index (χ0n) is 8.31. The molecule has 1 aliphatic carbocycles. The third kappa shape index (κ3) is 2.54. The topological polar surface area (TPSA) is 21.4 Å². The molecule has 15 heavy (non-hydrogen) atoms. The van der Waals surface area contributed by atoms with Crippen LogP contribution < -0.4 is 0 Å². The summed E-state index contributed by atoms with van der Waals surface area (Å²) in [5.74, 6) is 0.602. The number of ketones is 1. The maximum atomic E-state index is 11.7. The summed E-state index contributed by atoms with van der Waals surface area (Å²) in [5, 5.41) is 0. The van der Waals surface area contributed by atoms with Gasteiger partial charge in [-0.1, -0.05) is 24.3 Å². The first-order valence-corrected chi connectivity index (χ1v) is 4.99. The summed E-state index contributed by atoms with van der Waals surface area (Å²) in [7, 11) is 0. The van der Waals surface area contributed by atoms with Crippen LogP contribution in [0.3, 0.4) is 0 Å². The Balaban J connectivity index is 2.14. The normalized spacial score (nSPS) is 15.1. The van der Waals surface area contributed by atoms with Crippen LogP contribution in [0, 0.1) is 12.5 Å². The molecule has 74 valence electrons. The Morgan fingerprint density at radius 3 is 2.93 bits per heavy atom. The smallest absolute Gasteiger partial charge is 0.187 e. The van der Waals surface area contributed by atoms with E-state index < -0.39 is 0 Å². The van der Waals surface area contributed by atoms with Crippen LogP contribution in [0.5, 0.6) is 0 Å². The molecule has 2 nitrogen and oxygen atoms in total. The lowest BCUT2D eigenvalue weighted by molar-refractivity contribution is 0.104. The Morgan fingerprint density at radius 2 is 2.27 bits per heavy atom. The summed E-state index contributed by atoms with van der Waals surface area (Å²) in [4.78, 5) is 15.0. The van der Waals surface area contributed by atoms with Crippen molar-refractivity contribution in [1.29, 1.82) is 0 Å². The first-order chi connectivity index (χ1) is 7.29. The second kappa shape index (κ2) is 4.10. The number of benzene rings is 1. The SMILES string of the molecule is [C-]#[N+]c1cccc(C(=O)/C=C/C2CC2)c1. The molecule has 1 aromatic carbocycles. The van der Waals surface area contributed by atoms with Crippen molar-refractivity contribution in [2.24, 2.45) is 5.92 Å². The summed E-state index contributed by atoms with van der Waals surface area (Å²) in [5.41, 5.74) is 1.11. The van der Waals surface area contributed by atoms with Gasteiger partial charge in [0.05, 0.1) is 6.57 Å². The van der Waals surface area contributed by atoms with E-state index in [9.17, 15) is 4.79 Å². The lowest BCUT2D eigenvalue weighted by Crippen LogP contribution is -1.93. The molecular weight excluding hydrogens is 186 g/mol. The van der Waals surface area contributed by atoms with E-state index in [0.29, 0.717) is 17.2 Å². The van der Waals surface area contributed by atoms with Gasteiger partial charge < -0.3 is 0 Å². The third-order valence-electron chi connectivity index (χ3n) is 2.40. The number of nitrogens with zero attached hydrogens (tertiary/aromatic N) is 1. The van der Waals surface area contributed by atoms with Crippen molar-refractivity contribution in [3.8, 4) is 0 Å². The Hall–Kier alpha value is -1.88. The predicted octanol–water partition coefficient (Wildman–Crippen LogP) is 3.39. The van der Waals surface area contributed by atoms with E-state index in [4.69, 9.17) is 6.57 Å². The van der Waals surface area contributed by atoms with Crippen molar-refractivity contribution < 1.29 is 4.79 Å². The monoisotopic (exact) mass is 197 g/mol. The van der Waals surface area contributed by atoms with E-state index in [1.807, 2.05) is 6.08 Å². The number of hydrogen-bond acceptors (Lipinski definition) is 1. The molecule has 0 unspecified atom stereocenters. The van der Waals surface area contributed by atoms with E-state index in [1.165, 1.54) is 12.8 Å². The molecule has 0 aromatic heterocycles. The molecule has 0 amide bonds. The van der Waals surface area contributed by atoms with Crippen LogP contribution in [-0.4, -0.2) is 5.78 Å². The van der Waals surface area contributed by atoms with E-state index in [-0.39, 0.29) is 5.78 Å². The quantitative estimate of drug-likeness (QED) is 0.413. The number of hydrogen-bond donors (Lipinski definition) is 0. The average molecular weight is 197 g/mol. The molecule has 0 bridgehead atoms. The van der Waals surface area contributed by atoms with Crippen LogP contribution in [0.4, 0.5) is 5.69 Å². The van der Waals surface area contributed by atoms with Gasteiger partial charge in [0.25, 0.3) is 0 Å². The standard InChI is InChI=1S/C13H11NO/c1-14-12-4-2-3-11(9-12)13(15)8-7-10-5-6-10/h2-4,7-10H,5-6H2/b8-7+. The molecular formula is C13H11NO. The molecule has 2 rings (SSSR count). The molecule has 0 aliphatic heterocycles. The Kier molecular flexibility index (Phi) is 2.64. The van der Waals surface area contributed by atoms with Crippen molar-refractivity contribution in [3.05, 3.63) is 53.4 Å². The highest BCUT2D eigenvalue weighted by atomic mass is 16.1. The van der Waals surface area contributed by atoms with Crippen molar-refractivity contribution in [2.45, 2.75) is 12.8 Å². The second-order valence-corrected chi connectivity index (χ2v) is 3.72. The maximum Gasteiger partial charge on any atom is 0.187 e. The molecule has 0 N–H and O–H groups in total. The highest BCUT2D eigenvalue weighted by molar-refractivity contribution is 6.05. The average Bonchev–Trinajstić information content (AvgIpc) is 3.10. The molecule has 1 aliphatic rings.